The normalized spacial score (nSPS) is 11.6. The molecule has 0 saturated carbocycles. The maximum absolute atomic E-state index is 11.2. The summed E-state index contributed by atoms with van der Waals surface area (Å²) in [7, 11) is -3.13. The third-order valence-corrected chi connectivity index (χ3v) is 4.33. The van der Waals surface area contributed by atoms with Crippen LogP contribution < -0.4 is 0 Å². The first kappa shape index (κ1) is 9.91. The van der Waals surface area contributed by atoms with Crippen LogP contribution in [0, 0.1) is 10.5 Å². The molecule has 0 saturated heterocycles. The van der Waals surface area contributed by atoms with E-state index in [1.54, 1.807) is 6.20 Å². The van der Waals surface area contributed by atoms with E-state index in [0.717, 1.165) is 9.13 Å². The fraction of sp³-hybridized carbons (Fsp3) is 0.286. The molecular formula is C7H8INO2S. The van der Waals surface area contributed by atoms with Crippen LogP contribution in [0.15, 0.2) is 17.3 Å². The van der Waals surface area contributed by atoms with Crippen LogP contribution in [0.2, 0.25) is 0 Å². The predicted octanol–water partition coefficient (Wildman–Crippen LogP) is 1.40. The molecule has 0 N–H and O–H groups in total. The van der Waals surface area contributed by atoms with E-state index in [0.29, 0.717) is 4.90 Å². The van der Waals surface area contributed by atoms with E-state index in [-0.39, 0.29) is 0 Å². The molecule has 0 atom stereocenters. The molecule has 0 fully saturated rings. The molecule has 3 nitrogen and oxygen atoms in total. The third kappa shape index (κ3) is 1.95. The fourth-order valence-corrected chi connectivity index (χ4v) is 3.00. The van der Waals surface area contributed by atoms with Crippen LogP contribution in [0.1, 0.15) is 5.56 Å². The second-order valence-corrected chi connectivity index (χ2v) is 5.60. The maximum Gasteiger partial charge on any atom is 0.178 e. The zero-order valence-corrected chi connectivity index (χ0v) is 9.68. The Morgan fingerprint density at radius 2 is 2.00 bits per heavy atom. The molecule has 0 aromatic carbocycles. The van der Waals surface area contributed by atoms with Gasteiger partial charge in [-0.3, -0.25) is 4.98 Å². The Hall–Kier alpha value is -0.170. The molecule has 0 unspecified atom stereocenters. The van der Waals surface area contributed by atoms with Gasteiger partial charge in [-0.15, -0.1) is 0 Å². The molecular weight excluding hydrogens is 289 g/mol. The van der Waals surface area contributed by atoms with Crippen LogP contribution in [0.25, 0.3) is 0 Å². The van der Waals surface area contributed by atoms with Crippen LogP contribution in [0.3, 0.4) is 0 Å². The summed E-state index contributed by atoms with van der Waals surface area (Å²) in [5, 5.41) is 0. The SMILES string of the molecule is Cc1cncc(S(C)(=O)=O)c1I. The highest BCUT2D eigenvalue weighted by molar-refractivity contribution is 14.1. The van der Waals surface area contributed by atoms with E-state index in [1.807, 2.05) is 29.5 Å². The number of sulfone groups is 1. The highest BCUT2D eigenvalue weighted by Gasteiger charge is 2.12. The molecule has 0 aliphatic heterocycles. The van der Waals surface area contributed by atoms with Crippen LogP contribution in [0.5, 0.6) is 0 Å². The molecule has 1 aromatic heterocycles. The number of aryl methyl sites for hydroxylation is 1. The Bertz CT molecular complexity index is 400. The largest absolute Gasteiger partial charge is 0.263 e. The van der Waals surface area contributed by atoms with Crippen molar-refractivity contribution < 1.29 is 8.42 Å². The molecule has 1 aromatic rings. The lowest BCUT2D eigenvalue weighted by molar-refractivity contribution is 0.600. The average molecular weight is 297 g/mol. The van der Waals surface area contributed by atoms with Crippen molar-refractivity contribution in [2.24, 2.45) is 0 Å². The molecule has 0 bridgehead atoms. The highest BCUT2D eigenvalue weighted by atomic mass is 127. The molecule has 12 heavy (non-hydrogen) atoms. The molecule has 1 rings (SSSR count). The van der Waals surface area contributed by atoms with Crippen molar-refractivity contribution in [3.8, 4) is 0 Å². The Kier molecular flexibility index (Phi) is 2.72. The van der Waals surface area contributed by atoms with Crippen molar-refractivity contribution >= 4 is 32.4 Å². The first-order valence-electron chi connectivity index (χ1n) is 3.23. The molecule has 5 heteroatoms. The second kappa shape index (κ2) is 3.29. The van der Waals surface area contributed by atoms with Crippen molar-refractivity contribution in [2.45, 2.75) is 11.8 Å². The Morgan fingerprint density at radius 3 is 2.42 bits per heavy atom. The standard InChI is InChI=1S/C7H8INO2S/c1-5-3-9-4-6(7(5)8)12(2,10)11/h3-4H,1-2H3. The highest BCUT2D eigenvalue weighted by Crippen LogP contribution is 2.19. The number of nitrogens with zero attached hydrogens (tertiary/aromatic N) is 1. The minimum absolute atomic E-state index is 0.308. The van der Waals surface area contributed by atoms with Gasteiger partial charge in [0.1, 0.15) is 0 Å². The van der Waals surface area contributed by atoms with Crippen LogP contribution >= 0.6 is 22.6 Å². The Labute approximate surface area is 85.3 Å². The minimum Gasteiger partial charge on any atom is -0.263 e. The van der Waals surface area contributed by atoms with E-state index in [4.69, 9.17) is 0 Å². The summed E-state index contributed by atoms with van der Waals surface area (Å²) in [6.45, 7) is 1.84. The van der Waals surface area contributed by atoms with Crippen molar-refractivity contribution in [1.29, 1.82) is 0 Å². The van der Waals surface area contributed by atoms with Gasteiger partial charge in [-0.1, -0.05) is 0 Å². The number of hydrogen-bond acceptors (Lipinski definition) is 3. The summed E-state index contributed by atoms with van der Waals surface area (Å²) in [4.78, 5) is 4.14. The van der Waals surface area contributed by atoms with Crippen LogP contribution in [0.4, 0.5) is 0 Å². The number of hydrogen-bond donors (Lipinski definition) is 0. The van der Waals surface area contributed by atoms with Crippen molar-refractivity contribution in [2.75, 3.05) is 6.26 Å². The lowest BCUT2D eigenvalue weighted by atomic mass is 10.3. The van der Waals surface area contributed by atoms with Gasteiger partial charge in [0.25, 0.3) is 0 Å². The quantitative estimate of drug-likeness (QED) is 0.736. The molecule has 0 aliphatic rings. The van der Waals surface area contributed by atoms with Crippen molar-refractivity contribution in [1.82, 2.24) is 4.98 Å². The average Bonchev–Trinajstić information content (AvgIpc) is 1.92. The van der Waals surface area contributed by atoms with Gasteiger partial charge in [0.2, 0.25) is 0 Å². The van der Waals surface area contributed by atoms with E-state index in [2.05, 4.69) is 4.98 Å². The maximum atomic E-state index is 11.2. The van der Waals surface area contributed by atoms with E-state index in [1.165, 1.54) is 12.5 Å². The van der Waals surface area contributed by atoms with Gasteiger partial charge in [0, 0.05) is 22.2 Å². The Morgan fingerprint density at radius 1 is 1.42 bits per heavy atom. The first-order chi connectivity index (χ1) is 5.43. The molecule has 0 amide bonds. The lowest BCUT2D eigenvalue weighted by Gasteiger charge is -2.02. The third-order valence-electron chi connectivity index (χ3n) is 1.42. The van der Waals surface area contributed by atoms with Crippen LogP contribution in [-0.4, -0.2) is 19.7 Å². The number of pyridine rings is 1. The topological polar surface area (TPSA) is 47.0 Å². The Balaban J connectivity index is 3.47. The summed E-state index contributed by atoms with van der Waals surface area (Å²) in [5.74, 6) is 0. The van der Waals surface area contributed by atoms with Gasteiger partial charge in [0.05, 0.1) is 4.90 Å². The van der Waals surface area contributed by atoms with Gasteiger partial charge in [-0.2, -0.15) is 0 Å². The molecule has 0 spiro atoms. The molecule has 66 valence electrons. The number of aromatic nitrogens is 1. The van der Waals surface area contributed by atoms with Gasteiger partial charge >= 0.3 is 0 Å². The first-order valence-corrected chi connectivity index (χ1v) is 6.20. The van der Waals surface area contributed by atoms with Gasteiger partial charge in [0.15, 0.2) is 9.84 Å². The second-order valence-electron chi connectivity index (χ2n) is 2.54. The molecule has 1 heterocycles. The van der Waals surface area contributed by atoms with Gasteiger partial charge < -0.3 is 0 Å². The van der Waals surface area contributed by atoms with E-state index < -0.39 is 9.84 Å². The summed E-state index contributed by atoms with van der Waals surface area (Å²) < 4.78 is 23.1. The summed E-state index contributed by atoms with van der Waals surface area (Å²) in [6.07, 6.45) is 4.21. The zero-order valence-electron chi connectivity index (χ0n) is 6.70. The number of rotatable bonds is 1. The monoisotopic (exact) mass is 297 g/mol. The molecule has 0 radical (unpaired) electrons. The zero-order chi connectivity index (χ0) is 9.35. The summed E-state index contributed by atoms with van der Waals surface area (Å²) in [6, 6.07) is 0. The number of halogens is 1. The summed E-state index contributed by atoms with van der Waals surface area (Å²) >= 11 is 2.01. The lowest BCUT2D eigenvalue weighted by Crippen LogP contribution is -2.02. The van der Waals surface area contributed by atoms with Crippen molar-refractivity contribution in [3.63, 3.8) is 0 Å². The minimum atomic E-state index is -3.13. The smallest absolute Gasteiger partial charge is 0.178 e. The predicted molar refractivity (Wildman–Crippen MR) is 54.8 cm³/mol. The van der Waals surface area contributed by atoms with Gasteiger partial charge in [-0.05, 0) is 35.1 Å². The fourth-order valence-electron chi connectivity index (χ4n) is 0.783. The molecule has 0 aliphatic carbocycles. The summed E-state index contributed by atoms with van der Waals surface area (Å²) in [5.41, 5.74) is 0.888. The van der Waals surface area contributed by atoms with Crippen molar-refractivity contribution in [3.05, 3.63) is 21.5 Å². The van der Waals surface area contributed by atoms with E-state index >= 15 is 0 Å². The van der Waals surface area contributed by atoms with E-state index in [9.17, 15) is 8.42 Å². The van der Waals surface area contributed by atoms with Crippen LogP contribution in [-0.2, 0) is 9.84 Å². The van der Waals surface area contributed by atoms with Gasteiger partial charge in [-0.25, -0.2) is 8.42 Å².